The smallest absolute Gasteiger partial charge is 0.117 e. The normalized spacial score (nSPS) is 19.4. The second-order valence-electron chi connectivity index (χ2n) is 6.13. The minimum absolute atomic E-state index is 0.0495. The summed E-state index contributed by atoms with van der Waals surface area (Å²) in [5, 5.41) is 3.60. The Morgan fingerprint density at radius 1 is 0.696 bits per heavy atom. The highest BCUT2D eigenvalue weighted by Gasteiger charge is 2.51. The van der Waals surface area contributed by atoms with Gasteiger partial charge in [0.25, 0.3) is 0 Å². The Morgan fingerprint density at radius 3 is 1.91 bits per heavy atom. The van der Waals surface area contributed by atoms with Gasteiger partial charge in [-0.3, -0.25) is 4.99 Å². The van der Waals surface area contributed by atoms with E-state index < -0.39 is 0 Å². The molecule has 0 amide bonds. The van der Waals surface area contributed by atoms with Crippen LogP contribution in [0.25, 0.3) is 11.1 Å². The quantitative estimate of drug-likeness (QED) is 0.712. The van der Waals surface area contributed by atoms with Gasteiger partial charge in [-0.15, -0.1) is 0 Å². The molecule has 0 radical (unpaired) electrons. The maximum absolute atomic E-state index is 4.80. The predicted molar refractivity (Wildman–Crippen MR) is 93.5 cm³/mol. The van der Waals surface area contributed by atoms with Crippen molar-refractivity contribution in [2.45, 2.75) is 11.6 Å². The van der Waals surface area contributed by atoms with Crippen molar-refractivity contribution in [2.24, 2.45) is 4.99 Å². The van der Waals surface area contributed by atoms with Gasteiger partial charge in [0.2, 0.25) is 0 Å². The standard InChI is InChI=1S/C21H16N2/c1-2-8-15(9-3-1)20-21(23-14-22-20)18-12-6-4-10-16(18)17-11-5-7-13-19(17)21/h1-14,20H,(H,22,23)/t20-/m0/s1. The Bertz CT molecular complexity index is 866. The molecule has 0 unspecified atom stereocenters. The highest BCUT2D eigenvalue weighted by Crippen LogP contribution is 2.55. The van der Waals surface area contributed by atoms with Crippen LogP contribution in [0.5, 0.6) is 0 Å². The summed E-state index contributed by atoms with van der Waals surface area (Å²) in [7, 11) is 0. The lowest BCUT2D eigenvalue weighted by Gasteiger charge is -2.33. The monoisotopic (exact) mass is 296 g/mol. The van der Waals surface area contributed by atoms with Crippen LogP contribution in [0.2, 0.25) is 0 Å². The molecule has 23 heavy (non-hydrogen) atoms. The van der Waals surface area contributed by atoms with Crippen LogP contribution in [0.1, 0.15) is 22.7 Å². The summed E-state index contributed by atoms with van der Waals surface area (Å²) in [5.74, 6) is 0. The summed E-state index contributed by atoms with van der Waals surface area (Å²) in [5.41, 5.74) is 6.18. The number of nitrogens with one attached hydrogen (secondary N) is 1. The van der Waals surface area contributed by atoms with E-state index in [-0.39, 0.29) is 11.6 Å². The number of nitrogens with zero attached hydrogens (tertiary/aromatic N) is 1. The number of hydrogen-bond donors (Lipinski definition) is 1. The third-order valence-corrected chi connectivity index (χ3v) is 5.04. The van der Waals surface area contributed by atoms with Gasteiger partial charge in [0.1, 0.15) is 11.6 Å². The lowest BCUT2D eigenvalue weighted by molar-refractivity contribution is 0.434. The molecule has 0 fully saturated rings. The second kappa shape index (κ2) is 4.56. The van der Waals surface area contributed by atoms with Crippen molar-refractivity contribution in [3.05, 3.63) is 95.6 Å². The summed E-state index contributed by atoms with van der Waals surface area (Å²) >= 11 is 0. The molecule has 0 aromatic heterocycles. The number of benzene rings is 3. The van der Waals surface area contributed by atoms with Crippen LogP contribution in [0.4, 0.5) is 0 Å². The molecule has 2 heteroatoms. The molecule has 2 nitrogen and oxygen atoms in total. The van der Waals surface area contributed by atoms with E-state index in [0.717, 1.165) is 0 Å². The average Bonchev–Trinajstić information content (AvgIpc) is 3.19. The van der Waals surface area contributed by atoms with Gasteiger partial charge in [-0.2, -0.15) is 0 Å². The number of aliphatic imine (C=N–C) groups is 1. The fraction of sp³-hybridized carbons (Fsp3) is 0.0952. The molecular weight excluding hydrogens is 280 g/mol. The molecule has 5 rings (SSSR count). The van der Waals surface area contributed by atoms with Crippen molar-refractivity contribution in [3.8, 4) is 11.1 Å². The summed E-state index contributed by atoms with van der Waals surface area (Å²) < 4.78 is 0. The molecule has 110 valence electrons. The fourth-order valence-electron chi connectivity index (χ4n) is 4.09. The summed E-state index contributed by atoms with van der Waals surface area (Å²) in [6, 6.07) is 28.0. The van der Waals surface area contributed by atoms with Crippen molar-refractivity contribution in [1.29, 1.82) is 0 Å². The minimum atomic E-state index is -0.297. The molecule has 2 aliphatic rings. The Kier molecular flexibility index (Phi) is 2.51. The van der Waals surface area contributed by atoms with E-state index in [0.29, 0.717) is 0 Å². The van der Waals surface area contributed by atoms with Crippen LogP contribution in [0.3, 0.4) is 0 Å². The Labute approximate surface area is 135 Å². The molecule has 3 aromatic rings. The van der Waals surface area contributed by atoms with Crippen LogP contribution < -0.4 is 5.32 Å². The predicted octanol–water partition coefficient (Wildman–Crippen LogP) is 4.28. The summed E-state index contributed by atoms with van der Waals surface area (Å²) in [6.45, 7) is 0. The third kappa shape index (κ3) is 1.55. The average molecular weight is 296 g/mol. The van der Waals surface area contributed by atoms with E-state index in [1.807, 2.05) is 6.34 Å². The molecule has 0 saturated carbocycles. The summed E-state index contributed by atoms with van der Waals surface area (Å²) in [6.07, 6.45) is 1.87. The third-order valence-electron chi connectivity index (χ3n) is 5.04. The van der Waals surface area contributed by atoms with Gasteiger partial charge < -0.3 is 5.32 Å². The molecular formula is C21H16N2. The SMILES string of the molecule is C1=N[C@@H](c2ccccc2)C2(N1)c1ccccc1-c1ccccc12. The van der Waals surface area contributed by atoms with E-state index >= 15 is 0 Å². The van der Waals surface area contributed by atoms with Crippen LogP contribution >= 0.6 is 0 Å². The number of hydrogen-bond acceptors (Lipinski definition) is 2. The molecule has 1 spiro atoms. The second-order valence-corrected chi connectivity index (χ2v) is 6.13. The Morgan fingerprint density at radius 2 is 1.26 bits per heavy atom. The first kappa shape index (κ1) is 12.7. The lowest BCUT2D eigenvalue weighted by Crippen LogP contribution is -2.41. The Balaban J connectivity index is 1.82. The Hall–Kier alpha value is -2.87. The van der Waals surface area contributed by atoms with Gasteiger partial charge in [0.05, 0.1) is 6.34 Å². The van der Waals surface area contributed by atoms with E-state index in [4.69, 9.17) is 4.99 Å². The molecule has 1 aliphatic heterocycles. The topological polar surface area (TPSA) is 24.4 Å². The largest absolute Gasteiger partial charge is 0.361 e. The highest BCUT2D eigenvalue weighted by molar-refractivity contribution is 5.84. The number of fused-ring (bicyclic) bond motifs is 5. The zero-order valence-electron chi connectivity index (χ0n) is 12.6. The maximum atomic E-state index is 4.80. The van der Waals surface area contributed by atoms with E-state index in [1.54, 1.807) is 0 Å². The molecule has 3 aromatic carbocycles. The van der Waals surface area contributed by atoms with Gasteiger partial charge in [0.15, 0.2) is 0 Å². The lowest BCUT2D eigenvalue weighted by atomic mass is 9.78. The molecule has 0 saturated heterocycles. The summed E-state index contributed by atoms with van der Waals surface area (Å²) in [4.78, 5) is 4.80. The molecule has 0 bridgehead atoms. The van der Waals surface area contributed by atoms with Crippen LogP contribution in [-0.4, -0.2) is 6.34 Å². The van der Waals surface area contributed by atoms with Crippen molar-refractivity contribution in [2.75, 3.05) is 0 Å². The fourth-order valence-corrected chi connectivity index (χ4v) is 4.09. The van der Waals surface area contributed by atoms with Crippen LogP contribution in [0, 0.1) is 0 Å². The highest BCUT2D eigenvalue weighted by atomic mass is 15.1. The first-order valence-corrected chi connectivity index (χ1v) is 7.95. The van der Waals surface area contributed by atoms with Crippen molar-refractivity contribution < 1.29 is 0 Å². The van der Waals surface area contributed by atoms with Gasteiger partial charge in [0, 0.05) is 0 Å². The van der Waals surface area contributed by atoms with Crippen molar-refractivity contribution in [1.82, 2.24) is 5.32 Å². The van der Waals surface area contributed by atoms with Gasteiger partial charge >= 0.3 is 0 Å². The van der Waals surface area contributed by atoms with E-state index in [2.05, 4.69) is 84.2 Å². The molecule has 1 atom stereocenters. The van der Waals surface area contributed by atoms with E-state index in [1.165, 1.54) is 27.8 Å². The molecule has 1 N–H and O–H groups in total. The van der Waals surface area contributed by atoms with Gasteiger partial charge in [-0.05, 0) is 27.8 Å². The van der Waals surface area contributed by atoms with E-state index in [9.17, 15) is 0 Å². The van der Waals surface area contributed by atoms with Gasteiger partial charge in [-0.1, -0.05) is 78.9 Å². The van der Waals surface area contributed by atoms with Crippen molar-refractivity contribution >= 4 is 6.34 Å². The molecule has 1 aliphatic carbocycles. The zero-order chi connectivity index (χ0) is 15.3. The first-order chi connectivity index (χ1) is 11.4. The zero-order valence-corrected chi connectivity index (χ0v) is 12.6. The van der Waals surface area contributed by atoms with Gasteiger partial charge in [-0.25, -0.2) is 0 Å². The van der Waals surface area contributed by atoms with Crippen molar-refractivity contribution in [3.63, 3.8) is 0 Å². The molecule has 1 heterocycles. The number of rotatable bonds is 1. The maximum Gasteiger partial charge on any atom is 0.117 e. The first-order valence-electron chi connectivity index (χ1n) is 7.95. The van der Waals surface area contributed by atoms with Crippen LogP contribution in [0.15, 0.2) is 83.9 Å². The minimum Gasteiger partial charge on any atom is -0.361 e. The van der Waals surface area contributed by atoms with Crippen LogP contribution in [-0.2, 0) is 5.54 Å².